The smallest absolute Gasteiger partial charge is 0.258 e. The van der Waals surface area contributed by atoms with Gasteiger partial charge in [-0.1, -0.05) is 47.6 Å². The third kappa shape index (κ3) is 4.52. The van der Waals surface area contributed by atoms with E-state index in [0.29, 0.717) is 0 Å². The molecule has 0 saturated carbocycles. The van der Waals surface area contributed by atoms with E-state index in [1.165, 1.54) is 17.3 Å². The van der Waals surface area contributed by atoms with Gasteiger partial charge in [0, 0.05) is 24.2 Å². The Balaban J connectivity index is 1.11. The number of pyridine rings is 1. The number of nitrogens with one attached hydrogen (secondary N) is 1. The van der Waals surface area contributed by atoms with Crippen LogP contribution in [0.15, 0.2) is 58.6 Å². The summed E-state index contributed by atoms with van der Waals surface area (Å²) < 4.78 is 2.09. The zero-order valence-electron chi connectivity index (χ0n) is 17.3. The lowest BCUT2D eigenvalue weighted by Crippen LogP contribution is -2.45. The van der Waals surface area contributed by atoms with Gasteiger partial charge in [0.25, 0.3) is 5.91 Å². The lowest BCUT2D eigenvalue weighted by molar-refractivity contribution is -0.117. The van der Waals surface area contributed by atoms with Crippen LogP contribution >= 0.6 is 23.4 Å². The molecular formula is C24H25ClN4OS. The molecule has 2 aromatic heterocycles. The zero-order valence-corrected chi connectivity index (χ0v) is 18.8. The molecule has 0 aliphatic carbocycles. The number of piperidine rings is 1. The van der Waals surface area contributed by atoms with Crippen molar-refractivity contribution in [3.8, 4) is 0 Å². The molecule has 0 spiro atoms. The quantitative estimate of drug-likeness (QED) is 0.591. The lowest BCUT2D eigenvalue weighted by atomic mass is 10.0. The molecule has 0 atom stereocenters. The van der Waals surface area contributed by atoms with E-state index in [4.69, 9.17) is 11.6 Å². The van der Waals surface area contributed by atoms with Gasteiger partial charge in [0.1, 0.15) is 5.65 Å². The second kappa shape index (κ2) is 9.07. The van der Waals surface area contributed by atoms with Gasteiger partial charge >= 0.3 is 0 Å². The molecule has 3 aromatic rings. The molecule has 0 radical (unpaired) electrons. The number of nitrogens with zero attached hydrogens (tertiary/aromatic N) is 3. The Kier molecular flexibility index (Phi) is 6.03. The molecule has 2 aliphatic rings. The highest BCUT2D eigenvalue weighted by Gasteiger charge is 2.24. The number of likely N-dealkylation sites (tertiary alicyclic amines) is 1. The number of imidazole rings is 1. The maximum atomic E-state index is 12.9. The zero-order chi connectivity index (χ0) is 21.2. The number of aryl methyl sites for hydroxylation is 1. The summed E-state index contributed by atoms with van der Waals surface area (Å²) in [4.78, 5) is 20.6. The van der Waals surface area contributed by atoms with E-state index >= 15 is 0 Å². The Morgan fingerprint density at radius 3 is 2.84 bits per heavy atom. The summed E-state index contributed by atoms with van der Waals surface area (Å²) in [6, 6.07) is 14.3. The van der Waals surface area contributed by atoms with Crippen molar-refractivity contribution in [2.45, 2.75) is 36.8 Å². The number of hydrogen-bond acceptors (Lipinski definition) is 4. The number of amides is 1. The molecule has 5 rings (SSSR count). The highest BCUT2D eigenvalue weighted by molar-refractivity contribution is 8.04. The van der Waals surface area contributed by atoms with Crippen molar-refractivity contribution in [3.05, 3.63) is 69.8 Å². The Bertz CT molecular complexity index is 1130. The predicted molar refractivity (Wildman–Crippen MR) is 126 cm³/mol. The number of carbonyl (C=O) groups excluding carboxylic acids is 1. The first-order chi connectivity index (χ1) is 15.2. The van der Waals surface area contributed by atoms with Crippen LogP contribution in [-0.4, -0.2) is 45.9 Å². The van der Waals surface area contributed by atoms with Crippen molar-refractivity contribution in [2.75, 3.05) is 19.6 Å². The van der Waals surface area contributed by atoms with Crippen LogP contribution in [-0.2, 0) is 11.2 Å². The summed E-state index contributed by atoms with van der Waals surface area (Å²) in [5.74, 6) is 0.0200. The molecule has 2 aliphatic heterocycles. The van der Waals surface area contributed by atoms with Crippen molar-refractivity contribution in [1.82, 2.24) is 19.6 Å². The van der Waals surface area contributed by atoms with Crippen LogP contribution < -0.4 is 5.32 Å². The maximum Gasteiger partial charge on any atom is 0.258 e. The SMILES string of the molecule is O=C(NC1CCN(CCCc2ccccc2Cl)CC1)C1=Cc2cnc3cccc(n23)S1. The van der Waals surface area contributed by atoms with Gasteiger partial charge in [0.2, 0.25) is 0 Å². The number of hydrogen-bond donors (Lipinski definition) is 1. The van der Waals surface area contributed by atoms with Gasteiger partial charge in [-0.2, -0.15) is 0 Å². The molecule has 1 saturated heterocycles. The van der Waals surface area contributed by atoms with Gasteiger partial charge < -0.3 is 10.2 Å². The summed E-state index contributed by atoms with van der Waals surface area (Å²) in [5, 5.41) is 5.14. The van der Waals surface area contributed by atoms with Gasteiger partial charge in [-0.25, -0.2) is 4.98 Å². The van der Waals surface area contributed by atoms with Crippen LogP contribution in [0.25, 0.3) is 11.7 Å². The third-order valence-corrected chi connectivity index (χ3v) is 7.46. The molecule has 1 N–H and O–H groups in total. The molecule has 5 nitrogen and oxygen atoms in total. The molecule has 1 amide bonds. The molecule has 1 aromatic carbocycles. The number of aromatic nitrogens is 2. The van der Waals surface area contributed by atoms with Gasteiger partial charge in [-0.15, -0.1) is 0 Å². The van der Waals surface area contributed by atoms with Crippen molar-refractivity contribution in [1.29, 1.82) is 0 Å². The van der Waals surface area contributed by atoms with Crippen LogP contribution in [0.2, 0.25) is 5.02 Å². The van der Waals surface area contributed by atoms with Crippen LogP contribution in [0, 0.1) is 0 Å². The van der Waals surface area contributed by atoms with Gasteiger partial charge in [0.15, 0.2) is 0 Å². The number of thioether (sulfide) groups is 1. The summed E-state index contributed by atoms with van der Waals surface area (Å²) in [6.07, 6.45) is 7.85. The predicted octanol–water partition coefficient (Wildman–Crippen LogP) is 4.65. The Hall–Kier alpha value is -2.28. The fourth-order valence-electron chi connectivity index (χ4n) is 4.35. The molecule has 0 unspecified atom stereocenters. The Labute approximate surface area is 191 Å². The summed E-state index contributed by atoms with van der Waals surface area (Å²) in [7, 11) is 0. The van der Waals surface area contributed by atoms with Crippen LogP contribution in [0.1, 0.15) is 30.5 Å². The van der Waals surface area contributed by atoms with Crippen LogP contribution in [0.3, 0.4) is 0 Å². The number of carbonyl (C=O) groups is 1. The van der Waals surface area contributed by atoms with Crippen molar-refractivity contribution in [3.63, 3.8) is 0 Å². The second-order valence-electron chi connectivity index (χ2n) is 8.14. The summed E-state index contributed by atoms with van der Waals surface area (Å²) >= 11 is 7.77. The standard InChI is InChI=1S/C24H25ClN4OS/c25-20-7-2-1-5-17(20)6-4-12-28-13-10-18(11-14-28)27-24(30)21-15-19-16-26-22-8-3-9-23(31-21)29(19)22/h1-3,5,7-9,15-16,18H,4,6,10-14H2,(H,27,30). The van der Waals surface area contributed by atoms with E-state index in [0.717, 1.165) is 71.6 Å². The van der Waals surface area contributed by atoms with Gasteiger partial charge in [0.05, 0.1) is 21.8 Å². The van der Waals surface area contributed by atoms with Gasteiger partial charge in [-0.3, -0.25) is 9.20 Å². The van der Waals surface area contributed by atoms with Gasteiger partial charge in [-0.05, 0) is 62.1 Å². The van der Waals surface area contributed by atoms with Crippen molar-refractivity contribution in [2.24, 2.45) is 0 Å². The minimum atomic E-state index is 0.0200. The topological polar surface area (TPSA) is 49.6 Å². The third-order valence-electron chi connectivity index (χ3n) is 6.04. The van der Waals surface area contributed by atoms with Crippen molar-refractivity contribution >= 4 is 41.0 Å². The first kappa shape index (κ1) is 20.6. The highest BCUT2D eigenvalue weighted by atomic mass is 35.5. The van der Waals surface area contributed by atoms with E-state index in [2.05, 4.69) is 25.7 Å². The Morgan fingerprint density at radius 2 is 2.00 bits per heavy atom. The fourth-order valence-corrected chi connectivity index (χ4v) is 5.57. The molecular weight excluding hydrogens is 428 g/mol. The number of benzene rings is 1. The van der Waals surface area contributed by atoms with E-state index in [-0.39, 0.29) is 11.9 Å². The molecule has 160 valence electrons. The minimum absolute atomic E-state index is 0.0200. The lowest BCUT2D eigenvalue weighted by Gasteiger charge is -2.32. The molecule has 1 fully saturated rings. The summed E-state index contributed by atoms with van der Waals surface area (Å²) in [6.45, 7) is 3.11. The molecule has 7 heteroatoms. The average Bonchev–Trinajstić information content (AvgIpc) is 3.21. The largest absolute Gasteiger partial charge is 0.349 e. The number of halogens is 1. The monoisotopic (exact) mass is 452 g/mol. The fraction of sp³-hybridized carbons (Fsp3) is 0.333. The number of rotatable bonds is 6. The van der Waals surface area contributed by atoms with Crippen molar-refractivity contribution < 1.29 is 4.79 Å². The molecule has 31 heavy (non-hydrogen) atoms. The van der Waals surface area contributed by atoms with E-state index in [9.17, 15) is 4.79 Å². The first-order valence-electron chi connectivity index (χ1n) is 10.8. The second-order valence-corrected chi connectivity index (χ2v) is 9.61. The Morgan fingerprint density at radius 1 is 1.16 bits per heavy atom. The van der Waals surface area contributed by atoms with Crippen LogP contribution in [0.4, 0.5) is 0 Å². The maximum absolute atomic E-state index is 12.9. The molecule has 0 bridgehead atoms. The van der Waals surface area contributed by atoms with E-state index < -0.39 is 0 Å². The molecule has 4 heterocycles. The van der Waals surface area contributed by atoms with E-state index in [1.807, 2.05) is 48.7 Å². The highest BCUT2D eigenvalue weighted by Crippen LogP contribution is 2.34. The average molecular weight is 453 g/mol. The normalized spacial score (nSPS) is 17.0. The first-order valence-corrected chi connectivity index (χ1v) is 12.0. The minimum Gasteiger partial charge on any atom is -0.349 e. The summed E-state index contributed by atoms with van der Waals surface area (Å²) in [5.41, 5.74) is 3.10. The van der Waals surface area contributed by atoms with E-state index in [1.54, 1.807) is 0 Å². The van der Waals surface area contributed by atoms with Crippen LogP contribution in [0.5, 0.6) is 0 Å².